The summed E-state index contributed by atoms with van der Waals surface area (Å²) in [4.78, 5) is 14.2. The van der Waals surface area contributed by atoms with Crippen molar-refractivity contribution in [3.63, 3.8) is 0 Å². The Morgan fingerprint density at radius 3 is 2.54 bits per heavy atom. The quantitative estimate of drug-likeness (QED) is 0.823. The molecule has 1 saturated carbocycles. The van der Waals surface area contributed by atoms with E-state index in [-0.39, 0.29) is 18.6 Å². The molecule has 1 aliphatic rings. The van der Waals surface area contributed by atoms with E-state index in [1.807, 2.05) is 66.5 Å². The van der Waals surface area contributed by atoms with Crippen LogP contribution < -0.4 is 5.32 Å². The minimum absolute atomic E-state index is 0.0659. The SMILES string of the molecule is CN(CC(=O)Nc1ccccc1-c1ccccc1)CC(O)C1CC1. The number of benzene rings is 2. The van der Waals surface area contributed by atoms with Gasteiger partial charge in [-0.2, -0.15) is 0 Å². The summed E-state index contributed by atoms with van der Waals surface area (Å²) < 4.78 is 0. The Labute approximate surface area is 143 Å². The molecule has 1 atom stereocenters. The van der Waals surface area contributed by atoms with Gasteiger partial charge in [-0.05, 0) is 37.4 Å². The largest absolute Gasteiger partial charge is 0.392 e. The summed E-state index contributed by atoms with van der Waals surface area (Å²) in [7, 11) is 1.87. The molecule has 126 valence electrons. The second-order valence-corrected chi connectivity index (χ2v) is 6.56. The summed E-state index contributed by atoms with van der Waals surface area (Å²) in [5, 5.41) is 13.0. The third kappa shape index (κ3) is 4.43. The van der Waals surface area contributed by atoms with Gasteiger partial charge >= 0.3 is 0 Å². The molecule has 1 unspecified atom stereocenters. The second-order valence-electron chi connectivity index (χ2n) is 6.56. The van der Waals surface area contributed by atoms with Gasteiger partial charge in [-0.3, -0.25) is 9.69 Å². The molecule has 1 amide bonds. The Kier molecular flexibility index (Phi) is 5.28. The number of aliphatic hydroxyl groups is 1. The standard InChI is InChI=1S/C20H24N2O2/c1-22(13-19(23)16-11-12-16)14-20(24)21-18-10-6-5-9-17(18)15-7-3-2-4-8-15/h2-10,16,19,23H,11-14H2,1H3,(H,21,24). The van der Waals surface area contributed by atoms with Crippen LogP contribution in [0.4, 0.5) is 5.69 Å². The second kappa shape index (κ2) is 7.60. The first-order chi connectivity index (χ1) is 11.6. The summed E-state index contributed by atoms with van der Waals surface area (Å²) in [5.41, 5.74) is 2.89. The van der Waals surface area contributed by atoms with Crippen LogP contribution in [-0.2, 0) is 4.79 Å². The van der Waals surface area contributed by atoms with Crippen LogP contribution in [0.5, 0.6) is 0 Å². The maximum absolute atomic E-state index is 12.3. The zero-order valence-corrected chi connectivity index (χ0v) is 14.0. The van der Waals surface area contributed by atoms with Gasteiger partial charge in [0, 0.05) is 17.8 Å². The summed E-state index contributed by atoms with van der Waals surface area (Å²) >= 11 is 0. The van der Waals surface area contributed by atoms with E-state index in [0.29, 0.717) is 12.5 Å². The summed E-state index contributed by atoms with van der Waals surface area (Å²) in [5.74, 6) is 0.359. The number of carbonyl (C=O) groups excluding carboxylic acids is 1. The van der Waals surface area contributed by atoms with E-state index in [0.717, 1.165) is 29.7 Å². The van der Waals surface area contributed by atoms with Gasteiger partial charge in [-0.1, -0.05) is 48.5 Å². The van der Waals surface area contributed by atoms with Crippen molar-refractivity contribution in [1.29, 1.82) is 0 Å². The Morgan fingerprint density at radius 1 is 1.17 bits per heavy atom. The number of para-hydroxylation sites is 1. The van der Waals surface area contributed by atoms with Crippen molar-refractivity contribution in [3.8, 4) is 11.1 Å². The van der Waals surface area contributed by atoms with Crippen LogP contribution in [0.3, 0.4) is 0 Å². The van der Waals surface area contributed by atoms with E-state index in [1.165, 1.54) is 0 Å². The molecule has 4 nitrogen and oxygen atoms in total. The maximum atomic E-state index is 12.3. The van der Waals surface area contributed by atoms with E-state index < -0.39 is 0 Å². The number of amides is 1. The Bertz CT molecular complexity index is 683. The number of carbonyl (C=O) groups is 1. The van der Waals surface area contributed by atoms with Crippen molar-refractivity contribution >= 4 is 11.6 Å². The van der Waals surface area contributed by atoms with Gasteiger partial charge < -0.3 is 10.4 Å². The van der Waals surface area contributed by atoms with E-state index in [9.17, 15) is 9.90 Å². The Hall–Kier alpha value is -2.17. The molecule has 0 spiro atoms. The number of nitrogens with zero attached hydrogens (tertiary/aromatic N) is 1. The predicted molar refractivity (Wildman–Crippen MR) is 96.7 cm³/mol. The molecular formula is C20H24N2O2. The molecule has 0 saturated heterocycles. The molecule has 3 rings (SSSR count). The lowest BCUT2D eigenvalue weighted by Gasteiger charge is -2.20. The monoisotopic (exact) mass is 324 g/mol. The molecule has 2 N–H and O–H groups in total. The first-order valence-corrected chi connectivity index (χ1v) is 8.44. The predicted octanol–water partition coefficient (Wildman–Crippen LogP) is 2.99. The molecule has 2 aromatic carbocycles. The fourth-order valence-electron chi connectivity index (χ4n) is 2.91. The van der Waals surface area contributed by atoms with Gasteiger partial charge in [-0.15, -0.1) is 0 Å². The van der Waals surface area contributed by atoms with Crippen molar-refractivity contribution in [2.75, 3.05) is 25.5 Å². The van der Waals surface area contributed by atoms with Crippen molar-refractivity contribution < 1.29 is 9.90 Å². The minimum Gasteiger partial charge on any atom is -0.392 e. The number of anilines is 1. The molecule has 0 heterocycles. The summed E-state index contributed by atoms with van der Waals surface area (Å²) in [6.45, 7) is 0.811. The molecule has 0 aromatic heterocycles. The van der Waals surface area contributed by atoms with Gasteiger partial charge in [0.1, 0.15) is 0 Å². The fourth-order valence-corrected chi connectivity index (χ4v) is 2.91. The van der Waals surface area contributed by atoms with Crippen LogP contribution in [0.1, 0.15) is 12.8 Å². The smallest absolute Gasteiger partial charge is 0.238 e. The topological polar surface area (TPSA) is 52.6 Å². The maximum Gasteiger partial charge on any atom is 0.238 e. The number of likely N-dealkylation sites (N-methyl/N-ethyl adjacent to an activating group) is 1. The van der Waals surface area contributed by atoms with E-state index >= 15 is 0 Å². The zero-order valence-electron chi connectivity index (χ0n) is 14.0. The summed E-state index contributed by atoms with van der Waals surface area (Å²) in [6.07, 6.45) is 1.89. The van der Waals surface area contributed by atoms with Crippen molar-refractivity contribution in [2.45, 2.75) is 18.9 Å². The highest BCUT2D eigenvalue weighted by Gasteiger charge is 2.30. The number of hydrogen-bond donors (Lipinski definition) is 2. The molecule has 24 heavy (non-hydrogen) atoms. The lowest BCUT2D eigenvalue weighted by Crippen LogP contribution is -2.36. The van der Waals surface area contributed by atoms with E-state index in [2.05, 4.69) is 5.32 Å². The first kappa shape index (κ1) is 16.7. The average molecular weight is 324 g/mol. The molecule has 0 bridgehead atoms. The Balaban J connectivity index is 1.62. The number of hydrogen-bond acceptors (Lipinski definition) is 3. The van der Waals surface area contributed by atoms with Crippen LogP contribution in [0.2, 0.25) is 0 Å². The van der Waals surface area contributed by atoms with Crippen LogP contribution >= 0.6 is 0 Å². The average Bonchev–Trinajstić information content (AvgIpc) is 3.41. The molecule has 0 aliphatic heterocycles. The highest BCUT2D eigenvalue weighted by Crippen LogP contribution is 2.32. The third-order valence-electron chi connectivity index (χ3n) is 4.36. The lowest BCUT2D eigenvalue weighted by atomic mass is 10.0. The minimum atomic E-state index is -0.320. The molecule has 0 radical (unpaired) electrons. The first-order valence-electron chi connectivity index (χ1n) is 8.44. The van der Waals surface area contributed by atoms with Gasteiger partial charge in [0.15, 0.2) is 0 Å². The third-order valence-corrected chi connectivity index (χ3v) is 4.36. The Morgan fingerprint density at radius 2 is 1.83 bits per heavy atom. The van der Waals surface area contributed by atoms with Crippen LogP contribution in [0, 0.1) is 5.92 Å². The highest BCUT2D eigenvalue weighted by molar-refractivity contribution is 5.96. The van der Waals surface area contributed by atoms with Gasteiger partial charge in [0.05, 0.1) is 12.6 Å². The zero-order chi connectivity index (χ0) is 16.9. The van der Waals surface area contributed by atoms with Crippen molar-refractivity contribution in [1.82, 2.24) is 4.90 Å². The van der Waals surface area contributed by atoms with E-state index in [1.54, 1.807) is 0 Å². The summed E-state index contributed by atoms with van der Waals surface area (Å²) in [6, 6.07) is 17.8. The normalized spacial score (nSPS) is 15.3. The molecule has 1 aliphatic carbocycles. The van der Waals surface area contributed by atoms with Gasteiger partial charge in [0.25, 0.3) is 0 Å². The van der Waals surface area contributed by atoms with Crippen LogP contribution in [-0.4, -0.2) is 42.2 Å². The number of aliphatic hydroxyl groups excluding tert-OH is 1. The molecule has 4 heteroatoms. The number of nitrogens with one attached hydrogen (secondary N) is 1. The molecule has 2 aromatic rings. The lowest BCUT2D eigenvalue weighted by molar-refractivity contribution is -0.117. The van der Waals surface area contributed by atoms with Gasteiger partial charge in [-0.25, -0.2) is 0 Å². The molecule has 1 fully saturated rings. The fraction of sp³-hybridized carbons (Fsp3) is 0.350. The van der Waals surface area contributed by atoms with E-state index in [4.69, 9.17) is 0 Å². The van der Waals surface area contributed by atoms with Crippen LogP contribution in [0.15, 0.2) is 54.6 Å². The highest BCUT2D eigenvalue weighted by atomic mass is 16.3. The van der Waals surface area contributed by atoms with Gasteiger partial charge in [0.2, 0.25) is 5.91 Å². The molecular weight excluding hydrogens is 300 g/mol. The van der Waals surface area contributed by atoms with Crippen molar-refractivity contribution in [2.24, 2.45) is 5.92 Å². The van der Waals surface area contributed by atoms with Crippen LogP contribution in [0.25, 0.3) is 11.1 Å². The van der Waals surface area contributed by atoms with Crippen molar-refractivity contribution in [3.05, 3.63) is 54.6 Å². The number of rotatable bonds is 7.